The summed E-state index contributed by atoms with van der Waals surface area (Å²) in [5, 5.41) is 10.0. The summed E-state index contributed by atoms with van der Waals surface area (Å²) in [6, 6.07) is 23.6. The highest BCUT2D eigenvalue weighted by Crippen LogP contribution is 2.19. The van der Waals surface area contributed by atoms with E-state index in [0.29, 0.717) is 21.7 Å². The molecule has 1 N–H and O–H groups in total. The molecule has 6 nitrogen and oxygen atoms in total. The number of rotatable bonds is 3. The lowest BCUT2D eigenvalue weighted by Gasteiger charge is -2.35. The first kappa shape index (κ1) is 32.9. The minimum atomic E-state index is -0.665. The molecule has 2 amide bonds. The molecular formula is C26H25Cl4N3O3. The van der Waals surface area contributed by atoms with Crippen molar-refractivity contribution in [2.24, 2.45) is 0 Å². The van der Waals surface area contributed by atoms with Gasteiger partial charge in [0.15, 0.2) is 0 Å². The Morgan fingerprint density at radius 2 is 1.36 bits per heavy atom. The molecule has 0 bridgehead atoms. The van der Waals surface area contributed by atoms with E-state index in [1.54, 1.807) is 93.6 Å². The first-order valence-electron chi connectivity index (χ1n) is 10.2. The van der Waals surface area contributed by atoms with Gasteiger partial charge in [-0.2, -0.15) is 5.26 Å². The number of nitrogens with zero attached hydrogens (tertiary/aromatic N) is 2. The smallest absolute Gasteiger partial charge is 0.272 e. The van der Waals surface area contributed by atoms with Gasteiger partial charge in [0.1, 0.15) is 0 Å². The Labute approximate surface area is 233 Å². The highest BCUT2D eigenvalue weighted by molar-refractivity contribution is 6.67. The summed E-state index contributed by atoms with van der Waals surface area (Å²) in [6.07, 6.45) is 0. The van der Waals surface area contributed by atoms with Gasteiger partial charge in [0.05, 0.1) is 27.8 Å². The van der Waals surface area contributed by atoms with E-state index < -0.39 is 16.7 Å². The van der Waals surface area contributed by atoms with Crippen molar-refractivity contribution in [2.45, 2.75) is 26.3 Å². The molecule has 36 heavy (non-hydrogen) atoms. The minimum absolute atomic E-state index is 0. The lowest BCUT2D eigenvalue weighted by atomic mass is 10.1. The van der Waals surface area contributed by atoms with Crippen LogP contribution >= 0.6 is 48.0 Å². The van der Waals surface area contributed by atoms with Gasteiger partial charge in [0, 0.05) is 11.1 Å². The summed E-state index contributed by atoms with van der Waals surface area (Å²) in [7, 11) is 0. The van der Waals surface area contributed by atoms with Crippen LogP contribution in [0.15, 0.2) is 78.9 Å². The molecule has 0 spiro atoms. The summed E-state index contributed by atoms with van der Waals surface area (Å²) < 4.78 is 0. The number of hydrogen-bond acceptors (Lipinski definition) is 4. The van der Waals surface area contributed by atoms with E-state index in [1.165, 1.54) is 5.01 Å². The molecule has 0 atom stereocenters. The normalized spacial score (nSPS) is 9.67. The molecule has 0 aliphatic carbocycles. The van der Waals surface area contributed by atoms with Gasteiger partial charge in [-0.25, -0.2) is 5.01 Å². The van der Waals surface area contributed by atoms with Crippen LogP contribution in [0.3, 0.4) is 0 Å². The van der Waals surface area contributed by atoms with Gasteiger partial charge < -0.3 is 0 Å². The molecule has 3 rings (SSSR count). The summed E-state index contributed by atoms with van der Waals surface area (Å²) >= 11 is 11.2. The molecular weight excluding hydrogens is 544 g/mol. The molecule has 0 fully saturated rings. The third-order valence-electron chi connectivity index (χ3n) is 4.47. The zero-order valence-corrected chi connectivity index (χ0v) is 22.8. The molecule has 0 heterocycles. The van der Waals surface area contributed by atoms with Crippen LogP contribution in [0.5, 0.6) is 0 Å². The number of halogens is 4. The first-order chi connectivity index (χ1) is 16.0. The maximum atomic E-state index is 12.8. The number of hydrogen-bond donors (Lipinski definition) is 1. The molecule has 0 saturated carbocycles. The summed E-state index contributed by atoms with van der Waals surface area (Å²) in [4.78, 5) is 35.8. The zero-order chi connectivity index (χ0) is 25.3. The van der Waals surface area contributed by atoms with Crippen molar-refractivity contribution in [3.8, 4) is 6.07 Å². The average molecular weight is 569 g/mol. The zero-order valence-electron chi connectivity index (χ0n) is 19.7. The second-order valence-corrected chi connectivity index (χ2v) is 8.81. The molecule has 10 heteroatoms. The van der Waals surface area contributed by atoms with Crippen LogP contribution in [-0.4, -0.2) is 27.6 Å². The van der Waals surface area contributed by atoms with E-state index in [9.17, 15) is 14.4 Å². The van der Waals surface area contributed by atoms with Crippen molar-refractivity contribution in [1.29, 1.82) is 5.26 Å². The SMILES string of the molecule is CC(C)(C)N(NC(=O)c1ccccc1Cl)C(=O)c1ccc(C#N)cc1.Cl.Cl.O=C(Cl)c1ccccc1. The fourth-order valence-electron chi connectivity index (χ4n) is 2.72. The van der Waals surface area contributed by atoms with Gasteiger partial charge in [0.2, 0.25) is 0 Å². The van der Waals surface area contributed by atoms with Crippen LogP contribution in [0.4, 0.5) is 0 Å². The van der Waals surface area contributed by atoms with Crippen molar-refractivity contribution >= 4 is 65.1 Å². The Morgan fingerprint density at radius 1 is 0.833 bits per heavy atom. The Bertz CT molecular complexity index is 1210. The monoisotopic (exact) mass is 567 g/mol. The Hall–Kier alpha value is -3.08. The largest absolute Gasteiger partial charge is 0.276 e. The molecule has 0 aromatic heterocycles. The van der Waals surface area contributed by atoms with Gasteiger partial charge in [0.25, 0.3) is 17.1 Å². The Balaban J connectivity index is 0.000000944. The van der Waals surface area contributed by atoms with Crippen LogP contribution in [-0.2, 0) is 0 Å². The fourth-order valence-corrected chi connectivity index (χ4v) is 3.06. The van der Waals surface area contributed by atoms with E-state index in [4.69, 9.17) is 28.5 Å². The van der Waals surface area contributed by atoms with Gasteiger partial charge in [-0.15, -0.1) is 24.8 Å². The predicted octanol–water partition coefficient (Wildman–Crippen LogP) is 6.71. The van der Waals surface area contributed by atoms with E-state index in [2.05, 4.69) is 5.43 Å². The molecule has 0 aliphatic heterocycles. The Morgan fingerprint density at radius 3 is 1.81 bits per heavy atom. The molecule has 3 aromatic rings. The third kappa shape index (κ3) is 9.52. The van der Waals surface area contributed by atoms with E-state index in [0.717, 1.165) is 0 Å². The van der Waals surface area contributed by atoms with Crippen molar-refractivity contribution < 1.29 is 14.4 Å². The average Bonchev–Trinajstić information content (AvgIpc) is 2.82. The van der Waals surface area contributed by atoms with Crippen LogP contribution in [0.25, 0.3) is 0 Å². The number of carbonyl (C=O) groups excluding carboxylic acids is 3. The fraction of sp³-hybridized carbons (Fsp3) is 0.154. The van der Waals surface area contributed by atoms with Gasteiger partial charge in [-0.1, -0.05) is 54.1 Å². The quantitative estimate of drug-likeness (QED) is 0.281. The molecule has 0 aliphatic rings. The second kappa shape index (κ2) is 15.1. The van der Waals surface area contributed by atoms with Gasteiger partial charge >= 0.3 is 0 Å². The van der Waals surface area contributed by atoms with Crippen LogP contribution in [0.1, 0.15) is 57.4 Å². The number of benzene rings is 3. The van der Waals surface area contributed by atoms with Crippen LogP contribution in [0.2, 0.25) is 5.02 Å². The highest BCUT2D eigenvalue weighted by atomic mass is 35.5. The number of amides is 2. The molecule has 3 aromatic carbocycles. The van der Waals surface area contributed by atoms with E-state index >= 15 is 0 Å². The molecule has 0 saturated heterocycles. The topological polar surface area (TPSA) is 90.3 Å². The standard InChI is InChI=1S/C19H18ClN3O2.C7H5ClO.2ClH/c1-19(2,3)23(18(25)14-10-8-13(12-21)9-11-14)22-17(24)15-6-4-5-7-16(15)20;8-7(9)6-4-2-1-3-5-6;;/h4-11H,1-3H3,(H,22,24);1-5H;2*1H. The van der Waals surface area contributed by atoms with Crippen molar-refractivity contribution in [3.63, 3.8) is 0 Å². The predicted molar refractivity (Wildman–Crippen MR) is 147 cm³/mol. The first-order valence-corrected chi connectivity index (χ1v) is 11.0. The van der Waals surface area contributed by atoms with Crippen LogP contribution in [0, 0.1) is 11.3 Å². The van der Waals surface area contributed by atoms with Crippen molar-refractivity contribution in [1.82, 2.24) is 10.4 Å². The Kier molecular flexibility index (Phi) is 13.8. The lowest BCUT2D eigenvalue weighted by molar-refractivity contribution is 0.0358. The highest BCUT2D eigenvalue weighted by Gasteiger charge is 2.30. The van der Waals surface area contributed by atoms with Crippen molar-refractivity contribution in [3.05, 3.63) is 106 Å². The minimum Gasteiger partial charge on any atom is -0.276 e. The molecule has 0 unspecified atom stereocenters. The molecule has 190 valence electrons. The molecule has 0 radical (unpaired) electrons. The van der Waals surface area contributed by atoms with Crippen molar-refractivity contribution in [2.75, 3.05) is 0 Å². The second-order valence-electron chi connectivity index (χ2n) is 8.06. The number of hydrazine groups is 1. The summed E-state index contributed by atoms with van der Waals surface area (Å²) in [5.41, 5.74) is 3.62. The van der Waals surface area contributed by atoms with Crippen LogP contribution < -0.4 is 5.43 Å². The maximum Gasteiger partial charge on any atom is 0.272 e. The van der Waals surface area contributed by atoms with E-state index in [1.807, 2.05) is 12.1 Å². The third-order valence-corrected chi connectivity index (χ3v) is 5.02. The number of nitrogens with one attached hydrogen (secondary N) is 1. The lowest BCUT2D eigenvalue weighted by Crippen LogP contribution is -2.55. The maximum absolute atomic E-state index is 12.8. The number of carbonyl (C=O) groups is 3. The summed E-state index contributed by atoms with van der Waals surface area (Å²) in [6.45, 7) is 5.42. The number of nitriles is 1. The van der Waals surface area contributed by atoms with Gasteiger partial charge in [-0.05, 0) is 68.8 Å². The van der Waals surface area contributed by atoms with E-state index in [-0.39, 0.29) is 36.3 Å². The summed E-state index contributed by atoms with van der Waals surface area (Å²) in [5.74, 6) is -0.847. The van der Waals surface area contributed by atoms with Gasteiger partial charge in [-0.3, -0.25) is 19.8 Å².